The van der Waals surface area contributed by atoms with Gasteiger partial charge in [-0.15, -0.1) is 11.6 Å². The van der Waals surface area contributed by atoms with Crippen molar-refractivity contribution in [1.29, 1.82) is 0 Å². The highest BCUT2D eigenvalue weighted by molar-refractivity contribution is 6.32. The zero-order valence-electron chi connectivity index (χ0n) is 6.93. The molecule has 0 heterocycles. The summed E-state index contributed by atoms with van der Waals surface area (Å²) in [5.74, 6) is 0.276. The Hall–Kier alpha value is -0.530. The first-order chi connectivity index (χ1) is 6.24. The molecule has 70 valence electrons. The molecular formula is C10H9Cl2F. The summed E-state index contributed by atoms with van der Waals surface area (Å²) < 4.78 is 12.7. The number of halogens is 3. The lowest BCUT2D eigenvalue weighted by molar-refractivity contribution is 0.627. The summed E-state index contributed by atoms with van der Waals surface area (Å²) in [5.41, 5.74) is 0.687. The van der Waals surface area contributed by atoms with Gasteiger partial charge in [0, 0.05) is 10.9 Å². The first-order valence-corrected chi connectivity index (χ1v) is 4.83. The van der Waals surface area contributed by atoms with Crippen LogP contribution in [0.15, 0.2) is 24.3 Å². The van der Waals surface area contributed by atoms with Crippen molar-refractivity contribution in [3.63, 3.8) is 0 Å². The molecule has 0 bridgehead atoms. The van der Waals surface area contributed by atoms with E-state index in [0.717, 1.165) is 6.42 Å². The minimum atomic E-state index is -0.282. The zero-order valence-corrected chi connectivity index (χ0v) is 8.45. The van der Waals surface area contributed by atoms with Gasteiger partial charge in [-0.3, -0.25) is 0 Å². The van der Waals surface area contributed by atoms with Gasteiger partial charge in [-0.25, -0.2) is 4.39 Å². The number of rotatable bonds is 3. The van der Waals surface area contributed by atoms with Gasteiger partial charge < -0.3 is 0 Å². The Morgan fingerprint density at radius 2 is 2.15 bits per heavy atom. The van der Waals surface area contributed by atoms with Crippen LogP contribution in [0.25, 0.3) is 6.08 Å². The molecule has 0 N–H and O–H groups in total. The van der Waals surface area contributed by atoms with E-state index in [9.17, 15) is 4.39 Å². The molecule has 0 aromatic heterocycles. The van der Waals surface area contributed by atoms with Crippen molar-refractivity contribution < 1.29 is 4.39 Å². The fraction of sp³-hybridized carbons (Fsp3) is 0.200. The fourth-order valence-electron chi connectivity index (χ4n) is 0.916. The van der Waals surface area contributed by atoms with E-state index in [-0.39, 0.29) is 5.82 Å². The van der Waals surface area contributed by atoms with Crippen molar-refractivity contribution in [2.45, 2.75) is 6.42 Å². The maximum atomic E-state index is 12.7. The molecule has 0 aliphatic carbocycles. The number of allylic oxidation sites excluding steroid dienone is 1. The van der Waals surface area contributed by atoms with Crippen LogP contribution in [0.1, 0.15) is 12.0 Å². The van der Waals surface area contributed by atoms with Crippen LogP contribution >= 0.6 is 23.2 Å². The van der Waals surface area contributed by atoms with Crippen molar-refractivity contribution in [3.8, 4) is 0 Å². The molecule has 0 unspecified atom stereocenters. The lowest BCUT2D eigenvalue weighted by Crippen LogP contribution is -1.78. The normalized spacial score (nSPS) is 11.0. The highest BCUT2D eigenvalue weighted by Gasteiger charge is 1.97. The number of hydrogen-bond donors (Lipinski definition) is 0. The molecule has 1 aromatic carbocycles. The molecule has 0 spiro atoms. The third kappa shape index (κ3) is 3.37. The van der Waals surface area contributed by atoms with Crippen LogP contribution in [-0.4, -0.2) is 5.88 Å². The van der Waals surface area contributed by atoms with E-state index in [1.165, 1.54) is 18.2 Å². The third-order valence-corrected chi connectivity index (χ3v) is 2.09. The van der Waals surface area contributed by atoms with Crippen LogP contribution < -0.4 is 0 Å². The summed E-state index contributed by atoms with van der Waals surface area (Å²) in [6.45, 7) is 0. The monoisotopic (exact) mass is 218 g/mol. The molecule has 0 nitrogen and oxygen atoms in total. The maximum absolute atomic E-state index is 12.7. The Morgan fingerprint density at radius 3 is 2.85 bits per heavy atom. The Labute approximate surface area is 87.0 Å². The van der Waals surface area contributed by atoms with E-state index >= 15 is 0 Å². The molecule has 0 saturated heterocycles. The summed E-state index contributed by atoms with van der Waals surface area (Å²) in [5, 5.41) is 0.548. The third-order valence-electron chi connectivity index (χ3n) is 1.53. The number of hydrogen-bond acceptors (Lipinski definition) is 0. The molecule has 1 rings (SSSR count). The molecule has 1 aromatic rings. The van der Waals surface area contributed by atoms with Gasteiger partial charge in [0.1, 0.15) is 5.82 Å². The lowest BCUT2D eigenvalue weighted by atomic mass is 10.2. The van der Waals surface area contributed by atoms with E-state index in [2.05, 4.69) is 0 Å². The van der Waals surface area contributed by atoms with E-state index in [4.69, 9.17) is 23.2 Å². The van der Waals surface area contributed by atoms with Crippen LogP contribution in [0.4, 0.5) is 4.39 Å². The second-order valence-electron chi connectivity index (χ2n) is 2.55. The van der Waals surface area contributed by atoms with Gasteiger partial charge in [-0.2, -0.15) is 0 Å². The predicted molar refractivity (Wildman–Crippen MR) is 55.8 cm³/mol. The zero-order chi connectivity index (χ0) is 9.68. The summed E-state index contributed by atoms with van der Waals surface area (Å²) in [6.07, 6.45) is 4.40. The molecule has 0 amide bonds. The van der Waals surface area contributed by atoms with Crippen molar-refractivity contribution in [2.24, 2.45) is 0 Å². The SMILES string of the molecule is Fc1ccc(Cl)c(/C=C/CCCl)c1. The van der Waals surface area contributed by atoms with Crippen LogP contribution in [0.5, 0.6) is 0 Å². The van der Waals surface area contributed by atoms with Crippen LogP contribution in [0, 0.1) is 5.82 Å². The first-order valence-electron chi connectivity index (χ1n) is 3.91. The Bertz CT molecular complexity index is 308. The predicted octanol–water partition coefficient (Wildman–Crippen LogP) is 4.12. The minimum Gasteiger partial charge on any atom is -0.207 e. The first kappa shape index (κ1) is 10.6. The van der Waals surface area contributed by atoms with Gasteiger partial charge >= 0.3 is 0 Å². The standard InChI is InChI=1S/C10H9Cl2F/c11-6-2-1-3-8-7-9(13)4-5-10(8)12/h1,3-5,7H,2,6H2/b3-1+. The highest BCUT2D eigenvalue weighted by atomic mass is 35.5. The van der Waals surface area contributed by atoms with Gasteiger partial charge in [0.2, 0.25) is 0 Å². The van der Waals surface area contributed by atoms with E-state index in [0.29, 0.717) is 16.5 Å². The summed E-state index contributed by atoms with van der Waals surface area (Å²) in [4.78, 5) is 0. The Balaban J connectivity index is 2.81. The number of benzene rings is 1. The molecule has 3 heteroatoms. The quantitative estimate of drug-likeness (QED) is 0.670. The average Bonchev–Trinajstić information content (AvgIpc) is 2.11. The largest absolute Gasteiger partial charge is 0.207 e. The van der Waals surface area contributed by atoms with Gasteiger partial charge in [0.25, 0.3) is 0 Å². The average molecular weight is 219 g/mol. The van der Waals surface area contributed by atoms with E-state index in [1.54, 1.807) is 6.08 Å². The topological polar surface area (TPSA) is 0 Å². The van der Waals surface area contributed by atoms with Gasteiger partial charge in [0.15, 0.2) is 0 Å². The molecule has 0 aliphatic rings. The molecule has 0 radical (unpaired) electrons. The lowest BCUT2D eigenvalue weighted by Gasteiger charge is -1.97. The number of alkyl halides is 1. The van der Waals surface area contributed by atoms with Crippen LogP contribution in [-0.2, 0) is 0 Å². The van der Waals surface area contributed by atoms with Gasteiger partial charge in [-0.05, 0) is 30.2 Å². The van der Waals surface area contributed by atoms with Crippen molar-refractivity contribution in [1.82, 2.24) is 0 Å². The van der Waals surface area contributed by atoms with Crippen molar-refractivity contribution >= 4 is 29.3 Å². The van der Waals surface area contributed by atoms with E-state index < -0.39 is 0 Å². The van der Waals surface area contributed by atoms with Gasteiger partial charge in [0.05, 0.1) is 0 Å². The molecule has 13 heavy (non-hydrogen) atoms. The molecule has 0 atom stereocenters. The second kappa shape index (κ2) is 5.25. The maximum Gasteiger partial charge on any atom is 0.123 e. The molecular weight excluding hydrogens is 210 g/mol. The smallest absolute Gasteiger partial charge is 0.123 e. The van der Waals surface area contributed by atoms with Crippen LogP contribution in [0.3, 0.4) is 0 Å². The molecule has 0 aliphatic heterocycles. The summed E-state index contributed by atoms with van der Waals surface area (Å²) in [7, 11) is 0. The second-order valence-corrected chi connectivity index (χ2v) is 3.33. The van der Waals surface area contributed by atoms with Crippen molar-refractivity contribution in [3.05, 3.63) is 40.7 Å². The molecule has 0 fully saturated rings. The molecule has 0 saturated carbocycles. The van der Waals surface area contributed by atoms with Gasteiger partial charge in [-0.1, -0.05) is 23.8 Å². The minimum absolute atomic E-state index is 0.282. The van der Waals surface area contributed by atoms with Crippen molar-refractivity contribution in [2.75, 3.05) is 5.88 Å². The van der Waals surface area contributed by atoms with Crippen LogP contribution in [0.2, 0.25) is 5.02 Å². The summed E-state index contributed by atoms with van der Waals surface area (Å²) in [6, 6.07) is 4.27. The Morgan fingerprint density at radius 1 is 1.38 bits per heavy atom. The summed E-state index contributed by atoms with van der Waals surface area (Å²) >= 11 is 11.3. The highest BCUT2D eigenvalue weighted by Crippen LogP contribution is 2.18. The Kier molecular flexibility index (Phi) is 4.26. The fourth-order valence-corrected chi connectivity index (χ4v) is 1.22. The van der Waals surface area contributed by atoms with E-state index in [1.807, 2.05) is 6.08 Å².